The number of rotatable bonds is 12. The Morgan fingerprint density at radius 3 is 2.43 bits per heavy atom. The lowest BCUT2D eigenvalue weighted by Gasteiger charge is -2.16. The molecule has 0 aromatic heterocycles. The zero-order chi connectivity index (χ0) is 15.9. The van der Waals surface area contributed by atoms with Crippen LogP contribution in [0.25, 0.3) is 0 Å². The van der Waals surface area contributed by atoms with Crippen LogP contribution in [0.5, 0.6) is 0 Å². The van der Waals surface area contributed by atoms with Crippen LogP contribution in [0, 0.1) is 0 Å². The second-order valence-electron chi connectivity index (χ2n) is 4.91. The van der Waals surface area contributed by atoms with Crippen LogP contribution in [-0.2, 0) is 14.3 Å². The monoisotopic (exact) mass is 319 g/mol. The SMILES string of the molecule is CCCCCCCCOC(=O)C(CCSC)NC(=O)OC. The minimum absolute atomic E-state index is 0.372. The van der Waals surface area contributed by atoms with Crippen molar-refractivity contribution in [1.29, 1.82) is 0 Å². The van der Waals surface area contributed by atoms with Crippen LogP contribution in [-0.4, -0.2) is 43.8 Å². The van der Waals surface area contributed by atoms with Crippen LogP contribution in [0.3, 0.4) is 0 Å². The van der Waals surface area contributed by atoms with Crippen LogP contribution in [0.2, 0.25) is 0 Å². The summed E-state index contributed by atoms with van der Waals surface area (Å²) in [5.41, 5.74) is 0. The molecule has 21 heavy (non-hydrogen) atoms. The van der Waals surface area contributed by atoms with Crippen LogP contribution in [0.15, 0.2) is 0 Å². The molecule has 0 aromatic rings. The average molecular weight is 319 g/mol. The van der Waals surface area contributed by atoms with Gasteiger partial charge in [0, 0.05) is 0 Å². The third-order valence-electron chi connectivity index (χ3n) is 3.11. The molecule has 0 heterocycles. The fourth-order valence-electron chi connectivity index (χ4n) is 1.84. The molecule has 0 aromatic carbocycles. The number of nitrogens with one attached hydrogen (secondary N) is 1. The summed E-state index contributed by atoms with van der Waals surface area (Å²) in [4.78, 5) is 23.2. The largest absolute Gasteiger partial charge is 0.464 e. The Morgan fingerprint density at radius 2 is 1.81 bits per heavy atom. The van der Waals surface area contributed by atoms with Gasteiger partial charge in [0.2, 0.25) is 0 Å². The van der Waals surface area contributed by atoms with Crippen LogP contribution in [0.4, 0.5) is 4.79 Å². The smallest absolute Gasteiger partial charge is 0.407 e. The first-order chi connectivity index (χ1) is 10.2. The lowest BCUT2D eigenvalue weighted by atomic mass is 10.1. The second-order valence-corrected chi connectivity index (χ2v) is 5.89. The average Bonchev–Trinajstić information content (AvgIpc) is 2.49. The summed E-state index contributed by atoms with van der Waals surface area (Å²) in [6.45, 7) is 2.61. The summed E-state index contributed by atoms with van der Waals surface area (Å²) < 4.78 is 9.76. The Balaban J connectivity index is 3.90. The van der Waals surface area contributed by atoms with Crippen molar-refractivity contribution >= 4 is 23.8 Å². The van der Waals surface area contributed by atoms with E-state index in [0.29, 0.717) is 13.0 Å². The van der Waals surface area contributed by atoms with E-state index in [0.717, 1.165) is 18.6 Å². The number of alkyl carbamates (subject to hydrolysis) is 1. The van der Waals surface area contributed by atoms with Crippen molar-refractivity contribution in [2.75, 3.05) is 25.7 Å². The first kappa shape index (κ1) is 20.1. The summed E-state index contributed by atoms with van der Waals surface area (Å²) in [5.74, 6) is 0.406. The first-order valence-corrected chi connectivity index (χ1v) is 9.05. The molecule has 0 aliphatic rings. The topological polar surface area (TPSA) is 64.6 Å². The molecule has 5 nitrogen and oxygen atoms in total. The highest BCUT2D eigenvalue weighted by Crippen LogP contribution is 2.07. The molecule has 0 aliphatic heterocycles. The molecule has 1 unspecified atom stereocenters. The Kier molecular flexibility index (Phi) is 13.4. The van der Waals surface area contributed by atoms with E-state index in [1.165, 1.54) is 32.8 Å². The highest BCUT2D eigenvalue weighted by molar-refractivity contribution is 7.98. The Labute approximate surface area is 132 Å². The third kappa shape index (κ3) is 11.4. The van der Waals surface area contributed by atoms with Gasteiger partial charge in [-0.15, -0.1) is 0 Å². The van der Waals surface area contributed by atoms with Crippen LogP contribution >= 0.6 is 11.8 Å². The minimum Gasteiger partial charge on any atom is -0.464 e. The van der Waals surface area contributed by atoms with E-state index in [4.69, 9.17) is 4.74 Å². The van der Waals surface area contributed by atoms with Crippen LogP contribution in [0.1, 0.15) is 51.9 Å². The highest BCUT2D eigenvalue weighted by Gasteiger charge is 2.21. The van der Waals surface area contributed by atoms with E-state index >= 15 is 0 Å². The van der Waals surface area contributed by atoms with E-state index in [-0.39, 0.29) is 5.97 Å². The van der Waals surface area contributed by atoms with Gasteiger partial charge < -0.3 is 14.8 Å². The predicted octanol–water partition coefficient (Wildman–Crippen LogP) is 3.37. The van der Waals surface area contributed by atoms with Gasteiger partial charge >= 0.3 is 12.1 Å². The van der Waals surface area contributed by atoms with Gasteiger partial charge in [0.05, 0.1) is 13.7 Å². The molecule has 124 valence electrons. The summed E-state index contributed by atoms with van der Waals surface area (Å²) in [6, 6.07) is -0.620. The molecule has 0 saturated carbocycles. The van der Waals surface area contributed by atoms with Crippen molar-refractivity contribution < 1.29 is 19.1 Å². The quantitative estimate of drug-likeness (QED) is 0.441. The molecular formula is C15H29NO4S. The highest BCUT2D eigenvalue weighted by atomic mass is 32.2. The maximum Gasteiger partial charge on any atom is 0.407 e. The lowest BCUT2D eigenvalue weighted by molar-refractivity contribution is -0.146. The van der Waals surface area contributed by atoms with Crippen molar-refractivity contribution in [3.05, 3.63) is 0 Å². The zero-order valence-corrected chi connectivity index (χ0v) is 14.3. The second kappa shape index (κ2) is 14.0. The van der Waals surface area contributed by atoms with Gasteiger partial charge in [-0.1, -0.05) is 39.0 Å². The van der Waals surface area contributed by atoms with Gasteiger partial charge in [-0.05, 0) is 24.9 Å². The van der Waals surface area contributed by atoms with E-state index in [1.807, 2.05) is 6.26 Å². The minimum atomic E-state index is -0.620. The number of hydrogen-bond acceptors (Lipinski definition) is 5. The molecule has 0 aliphatic carbocycles. The first-order valence-electron chi connectivity index (χ1n) is 7.65. The van der Waals surface area contributed by atoms with E-state index in [1.54, 1.807) is 11.8 Å². The number of thioether (sulfide) groups is 1. The molecule has 1 N–H and O–H groups in total. The standard InChI is InChI=1S/C15H29NO4S/c1-4-5-6-7-8-9-11-20-14(17)13(10-12-21-3)16-15(18)19-2/h13H,4-12H2,1-3H3,(H,16,18). The third-order valence-corrected chi connectivity index (χ3v) is 3.76. The lowest BCUT2D eigenvalue weighted by Crippen LogP contribution is -2.42. The zero-order valence-electron chi connectivity index (χ0n) is 13.5. The molecule has 0 spiro atoms. The molecule has 6 heteroatoms. The number of carbonyl (C=O) groups is 2. The van der Waals surface area contributed by atoms with Crippen LogP contribution < -0.4 is 5.32 Å². The Hall–Kier alpha value is -0.910. The van der Waals surface area contributed by atoms with Gasteiger partial charge in [0.25, 0.3) is 0 Å². The summed E-state index contributed by atoms with van der Waals surface area (Å²) in [7, 11) is 1.28. The fraction of sp³-hybridized carbons (Fsp3) is 0.867. The summed E-state index contributed by atoms with van der Waals surface area (Å²) in [6.07, 6.45) is 8.77. The van der Waals surface area contributed by atoms with Crippen molar-refractivity contribution in [3.8, 4) is 0 Å². The van der Waals surface area contributed by atoms with Crippen molar-refractivity contribution in [1.82, 2.24) is 5.32 Å². The number of amides is 1. The van der Waals surface area contributed by atoms with Gasteiger partial charge in [0.1, 0.15) is 6.04 Å². The number of ether oxygens (including phenoxy) is 2. The van der Waals surface area contributed by atoms with Crippen molar-refractivity contribution in [2.24, 2.45) is 0 Å². The maximum atomic E-state index is 11.9. The summed E-state index contributed by atoms with van der Waals surface area (Å²) >= 11 is 1.62. The van der Waals surface area contributed by atoms with Gasteiger partial charge in [-0.3, -0.25) is 0 Å². The normalized spacial score (nSPS) is 11.8. The molecule has 1 amide bonds. The fourth-order valence-corrected chi connectivity index (χ4v) is 2.31. The van der Waals surface area contributed by atoms with Crippen molar-refractivity contribution in [3.63, 3.8) is 0 Å². The molecule has 0 saturated heterocycles. The summed E-state index contributed by atoms with van der Waals surface area (Å²) in [5, 5.41) is 2.52. The number of methoxy groups -OCH3 is 1. The van der Waals surface area contributed by atoms with E-state index < -0.39 is 12.1 Å². The molecule has 0 fully saturated rings. The molecule has 0 rings (SSSR count). The van der Waals surface area contributed by atoms with Gasteiger partial charge in [0.15, 0.2) is 0 Å². The molecule has 0 bridgehead atoms. The molecular weight excluding hydrogens is 290 g/mol. The maximum absolute atomic E-state index is 11.9. The van der Waals surface area contributed by atoms with Gasteiger partial charge in [-0.25, -0.2) is 9.59 Å². The number of carbonyl (C=O) groups excluding carboxylic acids is 2. The molecule has 0 radical (unpaired) electrons. The number of esters is 1. The van der Waals surface area contributed by atoms with E-state index in [2.05, 4.69) is 17.0 Å². The number of unbranched alkanes of at least 4 members (excludes halogenated alkanes) is 5. The number of hydrogen-bond donors (Lipinski definition) is 1. The predicted molar refractivity (Wildman–Crippen MR) is 86.7 cm³/mol. The van der Waals surface area contributed by atoms with Crippen molar-refractivity contribution in [2.45, 2.75) is 57.9 Å². The molecule has 1 atom stereocenters. The Morgan fingerprint density at radius 1 is 1.14 bits per heavy atom. The Bertz CT molecular complexity index is 287. The van der Waals surface area contributed by atoms with E-state index in [9.17, 15) is 9.59 Å². The van der Waals surface area contributed by atoms with Gasteiger partial charge in [-0.2, -0.15) is 11.8 Å².